The maximum absolute atomic E-state index is 11.9. The molecule has 1 aliphatic carbocycles. The molecule has 1 aliphatic heterocycles. The van der Waals surface area contributed by atoms with Crippen molar-refractivity contribution in [1.29, 1.82) is 0 Å². The lowest BCUT2D eigenvalue weighted by Gasteiger charge is -2.44. The Kier molecular flexibility index (Phi) is 2.13. The van der Waals surface area contributed by atoms with Crippen molar-refractivity contribution < 1.29 is 4.79 Å². The molecule has 0 aromatic heterocycles. The first-order valence-electron chi connectivity index (χ1n) is 5.79. The van der Waals surface area contributed by atoms with Crippen LogP contribution in [0.4, 0.5) is 0 Å². The molecule has 1 saturated carbocycles. The maximum Gasteiger partial charge on any atom is 0.223 e. The van der Waals surface area contributed by atoms with E-state index in [4.69, 9.17) is 0 Å². The SMILES string of the molecule is CC(C)(C)N1C(=O)CCC12CCCC2. The Balaban J connectivity index is 2.30. The van der Waals surface area contributed by atoms with Gasteiger partial charge in [0, 0.05) is 17.5 Å². The molecule has 0 atom stereocenters. The van der Waals surface area contributed by atoms with Crippen molar-refractivity contribution in [3.05, 3.63) is 0 Å². The largest absolute Gasteiger partial charge is 0.332 e. The average Bonchev–Trinajstić information content (AvgIpc) is 2.59. The van der Waals surface area contributed by atoms with Crippen LogP contribution in [0.25, 0.3) is 0 Å². The highest BCUT2D eigenvalue weighted by molar-refractivity contribution is 5.80. The molecule has 0 unspecified atom stereocenters. The van der Waals surface area contributed by atoms with Gasteiger partial charge in [-0.25, -0.2) is 0 Å². The van der Waals surface area contributed by atoms with Gasteiger partial charge >= 0.3 is 0 Å². The molecule has 0 aromatic carbocycles. The quantitative estimate of drug-likeness (QED) is 0.582. The fraction of sp³-hybridized carbons (Fsp3) is 0.917. The Labute approximate surface area is 86.7 Å². The second-order valence-electron chi connectivity index (χ2n) is 5.83. The van der Waals surface area contributed by atoms with Crippen molar-refractivity contribution in [1.82, 2.24) is 4.90 Å². The normalized spacial score (nSPS) is 26.5. The van der Waals surface area contributed by atoms with Crippen LogP contribution >= 0.6 is 0 Å². The van der Waals surface area contributed by atoms with E-state index < -0.39 is 0 Å². The Morgan fingerprint density at radius 1 is 1.14 bits per heavy atom. The van der Waals surface area contributed by atoms with E-state index in [1.165, 1.54) is 25.7 Å². The summed E-state index contributed by atoms with van der Waals surface area (Å²) in [6.07, 6.45) is 6.95. The van der Waals surface area contributed by atoms with Crippen LogP contribution in [0.15, 0.2) is 0 Å². The van der Waals surface area contributed by atoms with E-state index in [2.05, 4.69) is 25.7 Å². The average molecular weight is 195 g/mol. The van der Waals surface area contributed by atoms with Crippen LogP contribution in [0.1, 0.15) is 59.3 Å². The minimum absolute atomic E-state index is 0.0118. The van der Waals surface area contributed by atoms with Crippen molar-refractivity contribution in [2.45, 2.75) is 70.4 Å². The molecular weight excluding hydrogens is 174 g/mol. The molecule has 2 aliphatic rings. The van der Waals surface area contributed by atoms with Crippen molar-refractivity contribution in [3.8, 4) is 0 Å². The highest BCUT2D eigenvalue weighted by atomic mass is 16.2. The molecule has 1 spiro atoms. The molecule has 1 amide bonds. The maximum atomic E-state index is 11.9. The minimum atomic E-state index is 0.0118. The third-order valence-corrected chi connectivity index (χ3v) is 3.73. The molecule has 0 N–H and O–H groups in total. The summed E-state index contributed by atoms with van der Waals surface area (Å²) < 4.78 is 0. The van der Waals surface area contributed by atoms with Gasteiger partial charge in [0.25, 0.3) is 0 Å². The molecular formula is C12H21NO. The van der Waals surface area contributed by atoms with E-state index in [0.717, 1.165) is 12.8 Å². The number of likely N-dealkylation sites (tertiary alicyclic amines) is 1. The van der Waals surface area contributed by atoms with Gasteiger partial charge in [-0.1, -0.05) is 12.8 Å². The number of hydrogen-bond acceptors (Lipinski definition) is 1. The van der Waals surface area contributed by atoms with Crippen LogP contribution in [-0.4, -0.2) is 21.9 Å². The Bertz CT molecular complexity index is 246. The summed E-state index contributed by atoms with van der Waals surface area (Å²) in [6.45, 7) is 6.49. The predicted octanol–water partition coefficient (Wildman–Crippen LogP) is 2.72. The van der Waals surface area contributed by atoms with E-state index in [1.54, 1.807) is 0 Å². The number of amides is 1. The summed E-state index contributed by atoms with van der Waals surface area (Å²) >= 11 is 0. The highest BCUT2D eigenvalue weighted by Crippen LogP contribution is 2.46. The summed E-state index contributed by atoms with van der Waals surface area (Å²) in [5.41, 5.74) is 0.257. The minimum Gasteiger partial charge on any atom is -0.332 e. The van der Waals surface area contributed by atoms with Crippen molar-refractivity contribution in [2.24, 2.45) is 0 Å². The van der Waals surface area contributed by atoms with Crippen LogP contribution in [0.3, 0.4) is 0 Å². The number of carbonyl (C=O) groups is 1. The molecule has 2 rings (SSSR count). The predicted molar refractivity (Wildman–Crippen MR) is 57.0 cm³/mol. The first-order valence-corrected chi connectivity index (χ1v) is 5.79. The van der Waals surface area contributed by atoms with Gasteiger partial charge in [-0.05, 0) is 40.0 Å². The van der Waals surface area contributed by atoms with E-state index in [0.29, 0.717) is 5.91 Å². The van der Waals surface area contributed by atoms with Gasteiger partial charge in [-0.15, -0.1) is 0 Å². The molecule has 80 valence electrons. The van der Waals surface area contributed by atoms with Crippen molar-refractivity contribution in [2.75, 3.05) is 0 Å². The zero-order chi connectivity index (χ0) is 10.4. The lowest BCUT2D eigenvalue weighted by molar-refractivity contribution is -0.137. The number of rotatable bonds is 0. The lowest BCUT2D eigenvalue weighted by Crippen LogP contribution is -2.53. The summed E-state index contributed by atoms with van der Waals surface area (Å²) in [6, 6.07) is 0. The van der Waals surface area contributed by atoms with Gasteiger partial charge in [-0.3, -0.25) is 4.79 Å². The zero-order valence-corrected chi connectivity index (χ0v) is 9.60. The molecule has 2 nitrogen and oxygen atoms in total. The van der Waals surface area contributed by atoms with Crippen LogP contribution in [0, 0.1) is 0 Å². The fourth-order valence-electron chi connectivity index (χ4n) is 3.42. The first kappa shape index (κ1) is 10.0. The van der Waals surface area contributed by atoms with Gasteiger partial charge in [0.1, 0.15) is 0 Å². The standard InChI is InChI=1S/C12H21NO/c1-11(2,3)13-10(14)6-9-12(13)7-4-5-8-12/h4-9H2,1-3H3. The monoisotopic (exact) mass is 195 g/mol. The Morgan fingerprint density at radius 2 is 1.71 bits per heavy atom. The molecule has 2 fully saturated rings. The molecule has 0 radical (unpaired) electrons. The summed E-state index contributed by atoms with van der Waals surface area (Å²) in [5, 5.41) is 0. The van der Waals surface area contributed by atoms with Gasteiger partial charge in [0.15, 0.2) is 0 Å². The van der Waals surface area contributed by atoms with Crippen LogP contribution in [0.2, 0.25) is 0 Å². The molecule has 2 heteroatoms. The van der Waals surface area contributed by atoms with Gasteiger partial charge in [-0.2, -0.15) is 0 Å². The Morgan fingerprint density at radius 3 is 2.21 bits per heavy atom. The van der Waals surface area contributed by atoms with E-state index in [9.17, 15) is 4.79 Å². The third-order valence-electron chi connectivity index (χ3n) is 3.73. The van der Waals surface area contributed by atoms with E-state index in [-0.39, 0.29) is 11.1 Å². The van der Waals surface area contributed by atoms with E-state index >= 15 is 0 Å². The number of carbonyl (C=O) groups excluding carboxylic acids is 1. The van der Waals surface area contributed by atoms with Gasteiger partial charge in [0.05, 0.1) is 0 Å². The van der Waals surface area contributed by atoms with Crippen molar-refractivity contribution >= 4 is 5.91 Å². The van der Waals surface area contributed by atoms with Crippen LogP contribution < -0.4 is 0 Å². The molecule has 1 saturated heterocycles. The molecule has 0 aromatic rings. The summed E-state index contributed by atoms with van der Waals surface area (Å²) in [7, 11) is 0. The lowest BCUT2D eigenvalue weighted by atomic mass is 9.90. The summed E-state index contributed by atoms with van der Waals surface area (Å²) in [4.78, 5) is 14.1. The van der Waals surface area contributed by atoms with Crippen LogP contribution in [-0.2, 0) is 4.79 Å². The molecule has 1 heterocycles. The second-order valence-corrected chi connectivity index (χ2v) is 5.83. The Hall–Kier alpha value is -0.530. The molecule has 0 bridgehead atoms. The van der Waals surface area contributed by atoms with Gasteiger partial charge in [0.2, 0.25) is 5.91 Å². The molecule has 14 heavy (non-hydrogen) atoms. The number of hydrogen-bond donors (Lipinski definition) is 0. The fourth-order valence-corrected chi connectivity index (χ4v) is 3.42. The first-order chi connectivity index (χ1) is 6.46. The number of nitrogens with zero attached hydrogens (tertiary/aromatic N) is 1. The highest BCUT2D eigenvalue weighted by Gasteiger charge is 2.50. The smallest absolute Gasteiger partial charge is 0.223 e. The van der Waals surface area contributed by atoms with Crippen LogP contribution in [0.5, 0.6) is 0 Å². The third kappa shape index (κ3) is 1.35. The zero-order valence-electron chi connectivity index (χ0n) is 9.60. The topological polar surface area (TPSA) is 20.3 Å². The van der Waals surface area contributed by atoms with Crippen molar-refractivity contribution in [3.63, 3.8) is 0 Å². The second kappa shape index (κ2) is 2.98. The van der Waals surface area contributed by atoms with E-state index in [1.807, 2.05) is 0 Å². The summed E-state index contributed by atoms with van der Waals surface area (Å²) in [5.74, 6) is 0.374. The van der Waals surface area contributed by atoms with Gasteiger partial charge < -0.3 is 4.90 Å².